The van der Waals surface area contributed by atoms with Gasteiger partial charge in [-0.05, 0) is 44.6 Å². The number of aliphatic imine (C=N–C) groups is 1. The van der Waals surface area contributed by atoms with Crippen molar-refractivity contribution in [3.8, 4) is 5.88 Å². The third-order valence-corrected chi connectivity index (χ3v) is 5.30. The van der Waals surface area contributed by atoms with Crippen LogP contribution in [-0.2, 0) is 11.3 Å². The predicted octanol–water partition coefficient (Wildman–Crippen LogP) is 3.23. The Balaban J connectivity index is 1.53. The molecule has 3 rings (SSSR count). The highest BCUT2D eigenvalue weighted by Gasteiger charge is 2.19. The monoisotopic (exact) mass is 374 g/mol. The van der Waals surface area contributed by atoms with E-state index in [1.165, 1.54) is 19.3 Å². The molecule has 1 aromatic heterocycles. The Kier molecular flexibility index (Phi) is 7.75. The zero-order valence-electron chi connectivity index (χ0n) is 16.8. The van der Waals surface area contributed by atoms with E-state index in [0.29, 0.717) is 18.6 Å². The van der Waals surface area contributed by atoms with E-state index in [0.717, 1.165) is 63.0 Å². The fourth-order valence-electron chi connectivity index (χ4n) is 3.76. The Morgan fingerprint density at radius 2 is 2.15 bits per heavy atom. The van der Waals surface area contributed by atoms with E-state index >= 15 is 0 Å². The first kappa shape index (κ1) is 19.9. The third kappa shape index (κ3) is 6.38. The van der Waals surface area contributed by atoms with Gasteiger partial charge in [-0.3, -0.25) is 0 Å². The normalized spacial score (nSPS) is 21.3. The summed E-state index contributed by atoms with van der Waals surface area (Å²) in [6.07, 6.45) is 9.53. The van der Waals surface area contributed by atoms with Crippen molar-refractivity contribution >= 4 is 5.96 Å². The van der Waals surface area contributed by atoms with E-state index in [-0.39, 0.29) is 0 Å². The fourth-order valence-corrected chi connectivity index (χ4v) is 3.76. The van der Waals surface area contributed by atoms with E-state index in [9.17, 15) is 0 Å². The van der Waals surface area contributed by atoms with Crippen LogP contribution in [0.25, 0.3) is 0 Å². The van der Waals surface area contributed by atoms with Crippen molar-refractivity contribution in [2.75, 3.05) is 33.4 Å². The molecule has 6 nitrogen and oxygen atoms in total. The first-order chi connectivity index (χ1) is 13.2. The lowest BCUT2D eigenvalue weighted by molar-refractivity contribution is 0.148. The van der Waals surface area contributed by atoms with Gasteiger partial charge >= 0.3 is 0 Å². The standard InChI is InChI=1S/C21H34N4O2/c1-3-22-21(25(2)15-18-11-12-26-16-18)24-14-17-9-10-20(23-13-17)27-19-7-5-4-6-8-19/h9-10,13,18-19H,3-8,11-12,14-16H2,1-2H3,(H,22,24). The summed E-state index contributed by atoms with van der Waals surface area (Å²) < 4.78 is 11.5. The maximum atomic E-state index is 6.01. The van der Waals surface area contributed by atoms with E-state index in [1.807, 2.05) is 12.3 Å². The molecule has 1 saturated heterocycles. The molecule has 150 valence electrons. The summed E-state index contributed by atoms with van der Waals surface area (Å²) in [6.45, 7) is 6.28. The van der Waals surface area contributed by atoms with Crippen LogP contribution in [0.15, 0.2) is 23.3 Å². The molecule has 1 saturated carbocycles. The predicted molar refractivity (Wildman–Crippen MR) is 108 cm³/mol. The van der Waals surface area contributed by atoms with Gasteiger partial charge in [-0.25, -0.2) is 9.98 Å². The number of rotatable bonds is 7. The summed E-state index contributed by atoms with van der Waals surface area (Å²) in [5.74, 6) is 2.27. The summed E-state index contributed by atoms with van der Waals surface area (Å²) >= 11 is 0. The number of guanidine groups is 1. The SMILES string of the molecule is CCNC(=NCc1ccc(OC2CCCCC2)nc1)N(C)CC1CCOC1. The lowest BCUT2D eigenvalue weighted by Gasteiger charge is -2.24. The highest BCUT2D eigenvalue weighted by atomic mass is 16.5. The molecule has 0 radical (unpaired) electrons. The fraction of sp³-hybridized carbons (Fsp3) is 0.714. The van der Waals surface area contributed by atoms with Crippen LogP contribution in [0.4, 0.5) is 0 Å². The average molecular weight is 375 g/mol. The minimum Gasteiger partial charge on any atom is -0.474 e. The van der Waals surface area contributed by atoms with Crippen LogP contribution in [0.2, 0.25) is 0 Å². The van der Waals surface area contributed by atoms with Crippen LogP contribution < -0.4 is 10.1 Å². The Labute approximate surface area is 163 Å². The van der Waals surface area contributed by atoms with Gasteiger partial charge in [0.05, 0.1) is 13.2 Å². The molecule has 2 aliphatic rings. The largest absolute Gasteiger partial charge is 0.474 e. The lowest BCUT2D eigenvalue weighted by Crippen LogP contribution is -2.41. The number of nitrogens with one attached hydrogen (secondary N) is 1. The van der Waals surface area contributed by atoms with Crippen molar-refractivity contribution < 1.29 is 9.47 Å². The number of pyridine rings is 1. The average Bonchev–Trinajstić information content (AvgIpc) is 3.20. The molecule has 1 N–H and O–H groups in total. The lowest BCUT2D eigenvalue weighted by atomic mass is 9.98. The maximum absolute atomic E-state index is 6.01. The zero-order chi connectivity index (χ0) is 18.9. The second kappa shape index (κ2) is 10.5. The Bertz CT molecular complexity index is 578. The summed E-state index contributed by atoms with van der Waals surface area (Å²) in [5.41, 5.74) is 1.10. The van der Waals surface area contributed by atoms with Crippen LogP contribution >= 0.6 is 0 Å². The minimum absolute atomic E-state index is 0.337. The molecular weight excluding hydrogens is 340 g/mol. The number of hydrogen-bond donors (Lipinski definition) is 1. The van der Waals surface area contributed by atoms with Crippen LogP contribution in [0.3, 0.4) is 0 Å². The van der Waals surface area contributed by atoms with Gasteiger partial charge in [0, 0.05) is 44.9 Å². The van der Waals surface area contributed by atoms with Crippen LogP contribution in [0, 0.1) is 5.92 Å². The molecule has 6 heteroatoms. The van der Waals surface area contributed by atoms with Crippen LogP contribution in [0.1, 0.15) is 51.0 Å². The molecule has 0 aromatic carbocycles. The molecule has 27 heavy (non-hydrogen) atoms. The summed E-state index contributed by atoms with van der Waals surface area (Å²) in [7, 11) is 2.10. The Hall–Kier alpha value is -1.82. The van der Waals surface area contributed by atoms with E-state index < -0.39 is 0 Å². The van der Waals surface area contributed by atoms with Crippen molar-refractivity contribution in [3.63, 3.8) is 0 Å². The molecule has 0 bridgehead atoms. The van der Waals surface area contributed by atoms with Gasteiger partial charge in [-0.2, -0.15) is 0 Å². The first-order valence-electron chi connectivity index (χ1n) is 10.4. The van der Waals surface area contributed by atoms with Crippen molar-refractivity contribution in [3.05, 3.63) is 23.9 Å². The molecular formula is C21H34N4O2. The van der Waals surface area contributed by atoms with Gasteiger partial charge < -0.3 is 19.7 Å². The maximum Gasteiger partial charge on any atom is 0.213 e. The molecule has 1 unspecified atom stereocenters. The highest BCUT2D eigenvalue weighted by Crippen LogP contribution is 2.22. The van der Waals surface area contributed by atoms with Crippen LogP contribution in [0.5, 0.6) is 5.88 Å². The Morgan fingerprint density at radius 3 is 2.81 bits per heavy atom. The molecule has 1 atom stereocenters. The quantitative estimate of drug-likeness (QED) is 0.587. The topological polar surface area (TPSA) is 59.0 Å². The van der Waals surface area contributed by atoms with E-state index in [4.69, 9.17) is 14.5 Å². The summed E-state index contributed by atoms with van der Waals surface area (Å²) in [4.78, 5) is 11.5. The second-order valence-electron chi connectivity index (χ2n) is 7.66. The van der Waals surface area contributed by atoms with Crippen molar-refractivity contribution in [2.24, 2.45) is 10.9 Å². The van der Waals surface area contributed by atoms with Gasteiger partial charge in [0.25, 0.3) is 0 Å². The zero-order valence-corrected chi connectivity index (χ0v) is 16.8. The Morgan fingerprint density at radius 1 is 1.30 bits per heavy atom. The second-order valence-corrected chi connectivity index (χ2v) is 7.66. The summed E-state index contributed by atoms with van der Waals surface area (Å²) in [5, 5.41) is 3.38. The number of ether oxygens (including phenoxy) is 2. The van der Waals surface area contributed by atoms with E-state index in [1.54, 1.807) is 0 Å². The molecule has 1 aromatic rings. The summed E-state index contributed by atoms with van der Waals surface area (Å²) in [6, 6.07) is 4.05. The highest BCUT2D eigenvalue weighted by molar-refractivity contribution is 5.79. The number of aromatic nitrogens is 1. The van der Waals surface area contributed by atoms with Gasteiger partial charge in [0.1, 0.15) is 6.10 Å². The molecule has 2 fully saturated rings. The van der Waals surface area contributed by atoms with Gasteiger partial charge in [0.2, 0.25) is 5.88 Å². The molecule has 1 aliphatic carbocycles. The van der Waals surface area contributed by atoms with Gasteiger partial charge in [0.15, 0.2) is 5.96 Å². The smallest absolute Gasteiger partial charge is 0.213 e. The third-order valence-electron chi connectivity index (χ3n) is 5.30. The van der Waals surface area contributed by atoms with Crippen molar-refractivity contribution in [1.29, 1.82) is 0 Å². The molecule has 0 amide bonds. The molecule has 0 spiro atoms. The molecule has 2 heterocycles. The number of hydrogen-bond acceptors (Lipinski definition) is 4. The van der Waals surface area contributed by atoms with Crippen molar-refractivity contribution in [2.45, 2.75) is 58.1 Å². The van der Waals surface area contributed by atoms with Gasteiger partial charge in [-0.15, -0.1) is 0 Å². The van der Waals surface area contributed by atoms with Gasteiger partial charge in [-0.1, -0.05) is 12.5 Å². The number of nitrogens with zero attached hydrogens (tertiary/aromatic N) is 3. The minimum atomic E-state index is 0.337. The molecule has 1 aliphatic heterocycles. The van der Waals surface area contributed by atoms with Crippen molar-refractivity contribution in [1.82, 2.24) is 15.2 Å². The first-order valence-corrected chi connectivity index (χ1v) is 10.4. The van der Waals surface area contributed by atoms with E-state index in [2.05, 4.69) is 35.2 Å². The van der Waals surface area contributed by atoms with Crippen LogP contribution in [-0.4, -0.2) is 55.3 Å².